The largest absolute Gasteiger partial charge is 0.481 e. The van der Waals surface area contributed by atoms with Crippen molar-refractivity contribution in [1.29, 1.82) is 0 Å². The minimum absolute atomic E-state index is 0.244. The van der Waals surface area contributed by atoms with E-state index in [-0.39, 0.29) is 18.1 Å². The summed E-state index contributed by atoms with van der Waals surface area (Å²) in [7, 11) is 0. The lowest BCUT2D eigenvalue weighted by Crippen LogP contribution is -2.36. The maximum atomic E-state index is 12.1. The third-order valence-corrected chi connectivity index (χ3v) is 3.55. The van der Waals surface area contributed by atoms with Gasteiger partial charge in [0.25, 0.3) is 5.91 Å². The minimum atomic E-state index is -0.834. The smallest absolute Gasteiger partial charge is 0.311 e. The molecule has 0 bridgehead atoms. The van der Waals surface area contributed by atoms with Crippen LogP contribution in [0.25, 0.3) is 0 Å². The lowest BCUT2D eigenvalue weighted by Gasteiger charge is -2.22. The molecule has 1 saturated heterocycles. The highest BCUT2D eigenvalue weighted by Gasteiger charge is 2.45. The summed E-state index contributed by atoms with van der Waals surface area (Å²) < 4.78 is 0. The molecule has 18 heavy (non-hydrogen) atoms. The molecule has 1 N–H and O–H groups in total. The summed E-state index contributed by atoms with van der Waals surface area (Å²) in [5.41, 5.74) is -0.549. The van der Waals surface area contributed by atoms with E-state index in [1.807, 2.05) is 6.92 Å². The molecule has 1 atom stereocenters. The Bertz CT molecular complexity index is 463. The second-order valence-corrected chi connectivity index (χ2v) is 4.51. The minimum Gasteiger partial charge on any atom is -0.481 e. The third kappa shape index (κ3) is 2.05. The Hall–Kier alpha value is -1.98. The number of aromatic nitrogens is 2. The second kappa shape index (κ2) is 4.72. The molecule has 6 heteroatoms. The van der Waals surface area contributed by atoms with Crippen molar-refractivity contribution in [1.82, 2.24) is 14.9 Å². The molecule has 1 aliphatic heterocycles. The number of nitrogens with zero attached hydrogens (tertiary/aromatic N) is 3. The fourth-order valence-electron chi connectivity index (χ4n) is 2.23. The number of carboxylic acids is 1. The van der Waals surface area contributed by atoms with Crippen LogP contribution in [-0.2, 0) is 4.79 Å². The molecule has 1 unspecified atom stereocenters. The van der Waals surface area contributed by atoms with E-state index in [0.717, 1.165) is 0 Å². The summed E-state index contributed by atoms with van der Waals surface area (Å²) in [6.45, 7) is 2.54. The van der Waals surface area contributed by atoms with Crippen molar-refractivity contribution >= 4 is 11.9 Å². The van der Waals surface area contributed by atoms with Crippen LogP contribution >= 0.6 is 0 Å². The molecule has 1 aromatic rings. The first-order valence-electron chi connectivity index (χ1n) is 5.88. The molecule has 96 valence electrons. The Balaban J connectivity index is 2.14. The summed E-state index contributed by atoms with van der Waals surface area (Å²) in [4.78, 5) is 32.7. The van der Waals surface area contributed by atoms with Gasteiger partial charge in [-0.25, -0.2) is 4.98 Å². The second-order valence-electron chi connectivity index (χ2n) is 4.51. The molecule has 0 saturated carbocycles. The van der Waals surface area contributed by atoms with E-state index in [4.69, 9.17) is 0 Å². The van der Waals surface area contributed by atoms with Gasteiger partial charge >= 0.3 is 5.97 Å². The lowest BCUT2D eigenvalue weighted by atomic mass is 9.84. The number of carbonyl (C=O) groups excluding carboxylic acids is 1. The van der Waals surface area contributed by atoms with E-state index in [2.05, 4.69) is 9.97 Å². The van der Waals surface area contributed by atoms with Gasteiger partial charge in [0.15, 0.2) is 0 Å². The van der Waals surface area contributed by atoms with Gasteiger partial charge in [-0.1, -0.05) is 6.92 Å². The Morgan fingerprint density at radius 2 is 2.28 bits per heavy atom. The summed E-state index contributed by atoms with van der Waals surface area (Å²) in [6, 6.07) is 0. The van der Waals surface area contributed by atoms with E-state index < -0.39 is 11.4 Å². The SMILES string of the molecule is CCC1(C(=O)O)CCN(C(=O)c2cnccn2)C1. The lowest BCUT2D eigenvalue weighted by molar-refractivity contribution is -0.148. The summed E-state index contributed by atoms with van der Waals surface area (Å²) in [5.74, 6) is -1.08. The predicted molar refractivity (Wildman–Crippen MR) is 62.9 cm³/mol. The molecule has 1 aliphatic rings. The van der Waals surface area contributed by atoms with E-state index in [1.54, 1.807) is 4.90 Å². The van der Waals surface area contributed by atoms with Crippen molar-refractivity contribution in [3.63, 3.8) is 0 Å². The molecule has 2 heterocycles. The fraction of sp³-hybridized carbons (Fsp3) is 0.500. The highest BCUT2D eigenvalue weighted by atomic mass is 16.4. The maximum absolute atomic E-state index is 12.1. The first kappa shape index (κ1) is 12.5. The molecule has 1 amide bonds. The molecule has 2 rings (SSSR count). The van der Waals surface area contributed by atoms with Gasteiger partial charge in [-0.2, -0.15) is 0 Å². The number of carbonyl (C=O) groups is 2. The zero-order chi connectivity index (χ0) is 13.2. The summed E-state index contributed by atoms with van der Waals surface area (Å²) >= 11 is 0. The Kier molecular flexibility index (Phi) is 3.27. The molecule has 1 fully saturated rings. The summed E-state index contributed by atoms with van der Waals surface area (Å²) in [5, 5.41) is 9.27. The van der Waals surface area contributed by atoms with E-state index in [1.165, 1.54) is 18.6 Å². The third-order valence-electron chi connectivity index (χ3n) is 3.55. The van der Waals surface area contributed by atoms with Crippen molar-refractivity contribution in [2.75, 3.05) is 13.1 Å². The molecular formula is C12H15N3O3. The van der Waals surface area contributed by atoms with Crippen LogP contribution < -0.4 is 0 Å². The number of amides is 1. The van der Waals surface area contributed by atoms with Crippen LogP contribution in [-0.4, -0.2) is 44.9 Å². The molecule has 0 spiro atoms. The van der Waals surface area contributed by atoms with Crippen molar-refractivity contribution < 1.29 is 14.7 Å². The standard InChI is InChI=1S/C12H15N3O3/c1-2-12(11(17)18)3-6-15(8-12)10(16)9-7-13-4-5-14-9/h4-5,7H,2-3,6,8H2,1H3,(H,17,18). The van der Waals surface area contributed by atoms with Gasteiger partial charge in [-0.3, -0.25) is 14.6 Å². The zero-order valence-corrected chi connectivity index (χ0v) is 10.2. The number of rotatable bonds is 3. The highest BCUT2D eigenvalue weighted by molar-refractivity contribution is 5.93. The maximum Gasteiger partial charge on any atom is 0.311 e. The van der Waals surface area contributed by atoms with Gasteiger partial charge < -0.3 is 10.0 Å². The van der Waals surface area contributed by atoms with E-state index in [0.29, 0.717) is 19.4 Å². The van der Waals surface area contributed by atoms with Gasteiger partial charge in [0.1, 0.15) is 5.69 Å². The number of likely N-dealkylation sites (tertiary alicyclic amines) is 1. The van der Waals surface area contributed by atoms with Crippen LogP contribution in [0.15, 0.2) is 18.6 Å². The molecule has 0 aromatic carbocycles. The molecule has 0 radical (unpaired) electrons. The van der Waals surface area contributed by atoms with Crippen LogP contribution in [0.1, 0.15) is 30.3 Å². The molecular weight excluding hydrogens is 234 g/mol. The average molecular weight is 249 g/mol. The van der Waals surface area contributed by atoms with Crippen molar-refractivity contribution in [3.8, 4) is 0 Å². The monoisotopic (exact) mass is 249 g/mol. The normalized spacial score (nSPS) is 23.1. The Labute approximate surface area is 105 Å². The van der Waals surface area contributed by atoms with Crippen LogP contribution in [0.2, 0.25) is 0 Å². The van der Waals surface area contributed by atoms with Crippen LogP contribution in [0, 0.1) is 5.41 Å². The van der Waals surface area contributed by atoms with Crippen molar-refractivity contribution in [2.24, 2.45) is 5.41 Å². The topological polar surface area (TPSA) is 83.4 Å². The zero-order valence-electron chi connectivity index (χ0n) is 10.2. The van der Waals surface area contributed by atoms with Crippen molar-refractivity contribution in [2.45, 2.75) is 19.8 Å². The van der Waals surface area contributed by atoms with Gasteiger partial charge in [0, 0.05) is 25.5 Å². The van der Waals surface area contributed by atoms with Crippen LogP contribution in [0.3, 0.4) is 0 Å². The number of aliphatic carboxylic acids is 1. The average Bonchev–Trinajstić information content (AvgIpc) is 2.84. The van der Waals surface area contributed by atoms with Gasteiger partial charge in [-0.05, 0) is 12.8 Å². The molecule has 1 aromatic heterocycles. The predicted octanol–water partition coefficient (Wildman–Crippen LogP) is 0.803. The Morgan fingerprint density at radius 1 is 1.50 bits per heavy atom. The first-order valence-corrected chi connectivity index (χ1v) is 5.88. The quantitative estimate of drug-likeness (QED) is 0.856. The van der Waals surface area contributed by atoms with Gasteiger partial charge in [0.05, 0.1) is 11.6 Å². The molecule has 0 aliphatic carbocycles. The Morgan fingerprint density at radius 3 is 2.78 bits per heavy atom. The van der Waals surface area contributed by atoms with Crippen LogP contribution in [0.5, 0.6) is 0 Å². The summed E-state index contributed by atoms with van der Waals surface area (Å²) in [6.07, 6.45) is 5.36. The highest BCUT2D eigenvalue weighted by Crippen LogP contribution is 2.34. The van der Waals surface area contributed by atoms with E-state index >= 15 is 0 Å². The number of carboxylic acid groups (broad SMARTS) is 1. The number of hydrogen-bond acceptors (Lipinski definition) is 4. The first-order chi connectivity index (χ1) is 8.59. The number of hydrogen-bond donors (Lipinski definition) is 1. The molecule has 6 nitrogen and oxygen atoms in total. The van der Waals surface area contributed by atoms with Crippen molar-refractivity contribution in [3.05, 3.63) is 24.3 Å². The fourth-order valence-corrected chi connectivity index (χ4v) is 2.23. The van der Waals surface area contributed by atoms with Gasteiger partial charge in [0.2, 0.25) is 0 Å². The van der Waals surface area contributed by atoms with Gasteiger partial charge in [-0.15, -0.1) is 0 Å². The van der Waals surface area contributed by atoms with E-state index in [9.17, 15) is 14.7 Å². The van der Waals surface area contributed by atoms with Crippen LogP contribution in [0.4, 0.5) is 0 Å².